The van der Waals surface area contributed by atoms with Crippen LogP contribution in [0, 0.1) is 11.3 Å². The average Bonchev–Trinajstić information content (AvgIpc) is 3.00. The molecule has 0 aliphatic carbocycles. The van der Waals surface area contributed by atoms with Gasteiger partial charge in [-0.25, -0.2) is 4.79 Å². The molecule has 2 aliphatic rings. The van der Waals surface area contributed by atoms with Crippen molar-refractivity contribution in [3.8, 4) is 0 Å². The minimum Gasteiger partial charge on any atom is -0.342 e. The summed E-state index contributed by atoms with van der Waals surface area (Å²) in [5.74, 6) is 0.0422. The third-order valence-corrected chi connectivity index (χ3v) is 6.74. The largest absolute Gasteiger partial charge is 0.342 e. The quantitative estimate of drug-likeness (QED) is 0.659. The maximum Gasteiger partial charge on any atom is 0.325 e. The highest BCUT2D eigenvalue weighted by atomic mass is 16.2. The molecule has 4 amide bonds. The summed E-state index contributed by atoms with van der Waals surface area (Å²) in [5, 5.41) is 3.12. The number of hydrogen-bond donors (Lipinski definition) is 1. The third-order valence-electron chi connectivity index (χ3n) is 6.74. The molecule has 2 aliphatic heterocycles. The molecule has 1 unspecified atom stereocenters. The first kappa shape index (κ1) is 24.2. The Morgan fingerprint density at radius 1 is 1.12 bits per heavy atom. The molecule has 32 heavy (non-hydrogen) atoms. The van der Waals surface area contributed by atoms with Crippen LogP contribution in [-0.2, 0) is 16.0 Å². The maximum atomic E-state index is 13.7. The first-order valence-electron chi connectivity index (χ1n) is 11.7. The van der Waals surface area contributed by atoms with Gasteiger partial charge in [-0.15, -0.1) is 0 Å². The second kappa shape index (κ2) is 9.61. The lowest BCUT2D eigenvalue weighted by Crippen LogP contribution is -2.57. The number of urea groups is 1. The first-order valence-corrected chi connectivity index (χ1v) is 11.7. The maximum absolute atomic E-state index is 13.7. The minimum atomic E-state index is -0.907. The Labute approximate surface area is 192 Å². The van der Waals surface area contributed by atoms with E-state index in [1.807, 2.05) is 62.9 Å². The van der Waals surface area contributed by atoms with E-state index in [9.17, 15) is 14.4 Å². The van der Waals surface area contributed by atoms with E-state index < -0.39 is 11.0 Å². The van der Waals surface area contributed by atoms with Gasteiger partial charge in [-0.3, -0.25) is 14.5 Å². The fourth-order valence-corrected chi connectivity index (χ4v) is 4.83. The molecule has 7 nitrogen and oxygen atoms in total. The zero-order valence-corrected chi connectivity index (χ0v) is 20.2. The van der Waals surface area contributed by atoms with Crippen LogP contribution in [0.25, 0.3) is 0 Å². The van der Waals surface area contributed by atoms with E-state index in [1.54, 1.807) is 0 Å². The summed E-state index contributed by atoms with van der Waals surface area (Å²) in [7, 11) is 3.87. The van der Waals surface area contributed by atoms with E-state index in [4.69, 9.17) is 0 Å². The van der Waals surface area contributed by atoms with Gasteiger partial charge in [0.2, 0.25) is 5.91 Å². The van der Waals surface area contributed by atoms with Gasteiger partial charge >= 0.3 is 6.03 Å². The number of aryl methyl sites for hydroxylation is 1. The molecule has 2 heterocycles. The van der Waals surface area contributed by atoms with Gasteiger partial charge in [0.25, 0.3) is 5.91 Å². The summed E-state index contributed by atoms with van der Waals surface area (Å²) < 4.78 is 0. The summed E-state index contributed by atoms with van der Waals surface area (Å²) in [6.07, 6.45) is 2.71. The standard InChI is InChI=1S/C25H38N4O3/c1-24(2,3)21(30)28-15-12-20(13-16-28)25(14-11-19-9-7-6-8-10-19)22(31)29(23(32)26-25)18-17-27(4)5/h6-10,20H,11-18H2,1-5H3,(H,26,32). The van der Waals surface area contributed by atoms with Crippen LogP contribution in [0.5, 0.6) is 0 Å². The number of benzene rings is 1. The fraction of sp³-hybridized carbons (Fsp3) is 0.640. The number of carbonyl (C=O) groups is 3. The van der Waals surface area contributed by atoms with Crippen LogP contribution in [0.2, 0.25) is 0 Å². The zero-order chi connectivity index (χ0) is 23.5. The van der Waals surface area contributed by atoms with Crippen LogP contribution < -0.4 is 5.32 Å². The van der Waals surface area contributed by atoms with E-state index in [1.165, 1.54) is 4.90 Å². The van der Waals surface area contributed by atoms with Crippen LogP contribution in [-0.4, -0.2) is 78.4 Å². The molecule has 0 radical (unpaired) electrons. The van der Waals surface area contributed by atoms with Crippen molar-refractivity contribution in [2.75, 3.05) is 40.3 Å². The Kier molecular flexibility index (Phi) is 7.28. The predicted molar refractivity (Wildman–Crippen MR) is 125 cm³/mol. The van der Waals surface area contributed by atoms with Crippen molar-refractivity contribution in [3.63, 3.8) is 0 Å². The lowest BCUT2D eigenvalue weighted by Gasteiger charge is -2.42. The fourth-order valence-electron chi connectivity index (χ4n) is 4.83. The molecule has 3 rings (SSSR count). The van der Waals surface area contributed by atoms with Crippen LogP contribution in [0.15, 0.2) is 30.3 Å². The van der Waals surface area contributed by atoms with Gasteiger partial charge in [-0.05, 0) is 51.3 Å². The number of amides is 4. The molecule has 176 valence electrons. The second-order valence-electron chi connectivity index (χ2n) is 10.5. The molecule has 0 saturated carbocycles. The van der Waals surface area contributed by atoms with Crippen LogP contribution in [0.4, 0.5) is 4.79 Å². The number of likely N-dealkylation sites (N-methyl/N-ethyl adjacent to an activating group) is 1. The highest BCUT2D eigenvalue weighted by Crippen LogP contribution is 2.38. The van der Waals surface area contributed by atoms with E-state index in [2.05, 4.69) is 17.4 Å². The average molecular weight is 443 g/mol. The highest BCUT2D eigenvalue weighted by Gasteiger charge is 2.55. The molecule has 1 N–H and O–H groups in total. The molecule has 2 saturated heterocycles. The molecule has 0 aromatic heterocycles. The Morgan fingerprint density at radius 2 is 1.75 bits per heavy atom. The number of nitrogens with one attached hydrogen (secondary N) is 1. The smallest absolute Gasteiger partial charge is 0.325 e. The van der Waals surface area contributed by atoms with Crippen molar-refractivity contribution < 1.29 is 14.4 Å². The van der Waals surface area contributed by atoms with Crippen LogP contribution in [0.3, 0.4) is 0 Å². The molecule has 1 aromatic rings. The monoisotopic (exact) mass is 442 g/mol. The number of likely N-dealkylation sites (tertiary alicyclic amines) is 1. The van der Waals surface area contributed by atoms with Crippen molar-refractivity contribution in [1.29, 1.82) is 0 Å². The van der Waals surface area contributed by atoms with Crippen LogP contribution in [0.1, 0.15) is 45.6 Å². The predicted octanol–water partition coefficient (Wildman–Crippen LogP) is 2.76. The number of rotatable bonds is 7. The summed E-state index contributed by atoms with van der Waals surface area (Å²) >= 11 is 0. The first-order chi connectivity index (χ1) is 15.0. The van der Waals surface area contributed by atoms with Crippen molar-refractivity contribution in [1.82, 2.24) is 20.0 Å². The molecule has 1 aromatic carbocycles. The molecule has 1 atom stereocenters. The number of piperidine rings is 1. The third kappa shape index (κ3) is 5.14. The second-order valence-corrected chi connectivity index (χ2v) is 10.5. The lowest BCUT2D eigenvalue weighted by molar-refractivity contribution is -0.142. The molecule has 0 spiro atoms. The Bertz CT molecular complexity index is 825. The van der Waals surface area contributed by atoms with Crippen LogP contribution >= 0.6 is 0 Å². The van der Waals surface area contributed by atoms with E-state index >= 15 is 0 Å². The summed E-state index contributed by atoms with van der Waals surface area (Å²) in [6.45, 7) is 8.06. The van der Waals surface area contributed by atoms with E-state index in [0.717, 1.165) is 12.0 Å². The zero-order valence-electron chi connectivity index (χ0n) is 20.2. The normalized spacial score (nSPS) is 22.6. The van der Waals surface area contributed by atoms with Gasteiger partial charge in [0, 0.05) is 31.6 Å². The lowest BCUT2D eigenvalue weighted by atomic mass is 9.74. The topological polar surface area (TPSA) is 73.0 Å². The summed E-state index contributed by atoms with van der Waals surface area (Å²) in [5.41, 5.74) is -0.171. The van der Waals surface area contributed by atoms with E-state index in [-0.39, 0.29) is 23.8 Å². The van der Waals surface area contributed by atoms with Gasteiger partial charge < -0.3 is 15.1 Å². The summed E-state index contributed by atoms with van der Waals surface area (Å²) in [6, 6.07) is 9.80. The van der Waals surface area contributed by atoms with E-state index in [0.29, 0.717) is 45.4 Å². The van der Waals surface area contributed by atoms with Gasteiger partial charge in [-0.1, -0.05) is 51.1 Å². The van der Waals surface area contributed by atoms with Crippen molar-refractivity contribution >= 4 is 17.8 Å². The molecular formula is C25H38N4O3. The van der Waals surface area contributed by atoms with Crippen molar-refractivity contribution in [2.45, 2.75) is 52.0 Å². The Morgan fingerprint density at radius 3 is 2.31 bits per heavy atom. The number of carbonyl (C=O) groups excluding carboxylic acids is 3. The highest BCUT2D eigenvalue weighted by molar-refractivity contribution is 6.07. The van der Waals surface area contributed by atoms with Crippen molar-refractivity contribution in [3.05, 3.63) is 35.9 Å². The number of hydrogen-bond acceptors (Lipinski definition) is 4. The molecular weight excluding hydrogens is 404 g/mol. The minimum absolute atomic E-state index is 0.0102. The Balaban J connectivity index is 1.80. The molecule has 7 heteroatoms. The van der Waals surface area contributed by atoms with Gasteiger partial charge in [0.05, 0.1) is 0 Å². The molecule has 0 bridgehead atoms. The summed E-state index contributed by atoms with van der Waals surface area (Å²) in [4.78, 5) is 44.6. The number of imide groups is 1. The molecule has 2 fully saturated rings. The number of nitrogens with zero attached hydrogens (tertiary/aromatic N) is 3. The van der Waals surface area contributed by atoms with Gasteiger partial charge in [0.15, 0.2) is 0 Å². The SMILES string of the molecule is CN(C)CCN1C(=O)NC(CCc2ccccc2)(C2CCN(C(=O)C(C)(C)C)CC2)C1=O. The Hall–Kier alpha value is -2.41. The van der Waals surface area contributed by atoms with Gasteiger partial charge in [-0.2, -0.15) is 0 Å². The van der Waals surface area contributed by atoms with Gasteiger partial charge in [0.1, 0.15) is 5.54 Å². The van der Waals surface area contributed by atoms with Crippen molar-refractivity contribution in [2.24, 2.45) is 11.3 Å².